The molecule has 3 unspecified atom stereocenters. The second-order valence-corrected chi connectivity index (χ2v) is 7.60. The van der Waals surface area contributed by atoms with Crippen molar-refractivity contribution in [1.82, 2.24) is 0 Å². The fourth-order valence-electron chi connectivity index (χ4n) is 2.53. The van der Waals surface area contributed by atoms with Gasteiger partial charge in [-0.2, -0.15) is 10.5 Å². The second kappa shape index (κ2) is 5.68. The molecule has 7 heteroatoms. The van der Waals surface area contributed by atoms with Crippen molar-refractivity contribution in [2.75, 3.05) is 13.2 Å². The van der Waals surface area contributed by atoms with E-state index in [-0.39, 0.29) is 13.2 Å². The van der Waals surface area contributed by atoms with E-state index in [4.69, 9.17) is 9.05 Å². The Morgan fingerprint density at radius 1 is 1.40 bits per heavy atom. The van der Waals surface area contributed by atoms with Crippen molar-refractivity contribution in [1.29, 1.82) is 10.5 Å². The average molecular weight is 310 g/mol. The summed E-state index contributed by atoms with van der Waals surface area (Å²) in [6, 6.07) is 7.86. The minimum Gasteiger partial charge on any atom is -0.308 e. The van der Waals surface area contributed by atoms with Crippen LogP contribution in [-0.4, -0.2) is 18.4 Å². The molecule has 5 nitrogen and oxygen atoms in total. The van der Waals surface area contributed by atoms with Crippen LogP contribution in [-0.2, 0) is 13.6 Å². The van der Waals surface area contributed by atoms with E-state index in [2.05, 4.69) is 12.1 Å². The second-order valence-electron chi connectivity index (χ2n) is 4.37. The van der Waals surface area contributed by atoms with Gasteiger partial charge in [-0.1, -0.05) is 6.07 Å². The molecule has 2 rings (SSSR count). The molecule has 0 saturated heterocycles. The molecule has 0 aromatic carbocycles. The van der Waals surface area contributed by atoms with Gasteiger partial charge in [-0.05, 0) is 25.3 Å². The molecule has 3 atom stereocenters. The van der Waals surface area contributed by atoms with Gasteiger partial charge in [-0.25, -0.2) is 0 Å². The Kier molecular flexibility index (Phi) is 4.32. The van der Waals surface area contributed by atoms with E-state index >= 15 is 0 Å². The molecule has 0 spiro atoms. The van der Waals surface area contributed by atoms with Crippen LogP contribution in [0.2, 0.25) is 0 Å². The summed E-state index contributed by atoms with van der Waals surface area (Å²) in [5.41, 5.74) is 0. The van der Waals surface area contributed by atoms with Gasteiger partial charge in [0, 0.05) is 10.8 Å². The van der Waals surface area contributed by atoms with Crippen LogP contribution in [0.15, 0.2) is 17.5 Å². The van der Waals surface area contributed by atoms with Gasteiger partial charge < -0.3 is 9.05 Å². The van der Waals surface area contributed by atoms with Crippen LogP contribution in [0.4, 0.5) is 0 Å². The van der Waals surface area contributed by atoms with E-state index < -0.39 is 24.6 Å². The lowest BCUT2D eigenvalue weighted by atomic mass is 10.3. The zero-order valence-corrected chi connectivity index (χ0v) is 13.0. The first kappa shape index (κ1) is 15.2. The maximum atomic E-state index is 13.0. The van der Waals surface area contributed by atoms with Gasteiger partial charge in [0.15, 0.2) is 5.16 Å². The third kappa shape index (κ3) is 2.01. The number of hydrogen-bond donors (Lipinski definition) is 0. The lowest BCUT2D eigenvalue weighted by Gasteiger charge is -2.22. The van der Waals surface area contributed by atoms with Crippen LogP contribution < -0.4 is 0 Å². The highest BCUT2D eigenvalue weighted by Crippen LogP contribution is 2.79. The molecule has 106 valence electrons. The zero-order valence-electron chi connectivity index (χ0n) is 11.3. The third-order valence-electron chi connectivity index (χ3n) is 3.39. The SMILES string of the molecule is CCOP(=O)(OCC)C1(C#N)C(C#N)C1c1cccs1. The summed E-state index contributed by atoms with van der Waals surface area (Å²) in [6.07, 6.45) is 0. The topological polar surface area (TPSA) is 83.1 Å². The van der Waals surface area contributed by atoms with Crippen molar-refractivity contribution in [2.24, 2.45) is 5.92 Å². The van der Waals surface area contributed by atoms with Crippen molar-refractivity contribution in [3.8, 4) is 12.1 Å². The van der Waals surface area contributed by atoms with Crippen LogP contribution in [0.5, 0.6) is 0 Å². The molecule has 0 N–H and O–H groups in total. The molecule has 1 fully saturated rings. The minimum absolute atomic E-state index is 0.177. The van der Waals surface area contributed by atoms with Crippen molar-refractivity contribution in [2.45, 2.75) is 24.9 Å². The highest BCUT2D eigenvalue weighted by atomic mass is 32.1. The van der Waals surface area contributed by atoms with Gasteiger partial charge in [0.25, 0.3) is 0 Å². The molecule has 1 aromatic heterocycles. The minimum atomic E-state index is -3.66. The number of nitrogens with zero attached hydrogens (tertiary/aromatic N) is 2. The van der Waals surface area contributed by atoms with E-state index in [0.29, 0.717) is 0 Å². The van der Waals surface area contributed by atoms with Crippen LogP contribution in [0.25, 0.3) is 0 Å². The Morgan fingerprint density at radius 3 is 2.45 bits per heavy atom. The van der Waals surface area contributed by atoms with E-state index in [9.17, 15) is 15.1 Å². The smallest absolute Gasteiger partial charge is 0.308 e. The van der Waals surface area contributed by atoms with E-state index in [1.807, 2.05) is 17.5 Å². The molecule has 1 heterocycles. The number of nitriles is 2. The molecule has 0 radical (unpaired) electrons. The summed E-state index contributed by atoms with van der Waals surface area (Å²) in [5.74, 6) is -1.06. The monoisotopic (exact) mass is 310 g/mol. The quantitative estimate of drug-likeness (QED) is 0.751. The Bertz CT molecular complexity index is 594. The van der Waals surface area contributed by atoms with Crippen molar-refractivity contribution in [3.63, 3.8) is 0 Å². The lowest BCUT2D eigenvalue weighted by Crippen LogP contribution is -2.16. The summed E-state index contributed by atoms with van der Waals surface area (Å²) in [6.45, 7) is 3.74. The van der Waals surface area contributed by atoms with Crippen LogP contribution in [0.3, 0.4) is 0 Å². The number of hydrogen-bond acceptors (Lipinski definition) is 6. The van der Waals surface area contributed by atoms with Gasteiger partial charge in [0.2, 0.25) is 0 Å². The maximum absolute atomic E-state index is 13.0. The standard InChI is InChI=1S/C13H15N2O3PS/c1-3-17-19(16,18-4-2)13(9-15)10(8-14)12(13)11-6-5-7-20-11/h5-7,10,12H,3-4H2,1-2H3. The molecule has 0 amide bonds. The van der Waals surface area contributed by atoms with E-state index in [0.717, 1.165) is 4.88 Å². The molecule has 1 aliphatic rings. The van der Waals surface area contributed by atoms with Gasteiger partial charge in [-0.3, -0.25) is 4.57 Å². The zero-order chi connectivity index (χ0) is 14.8. The Labute approximate surface area is 122 Å². The predicted octanol–water partition coefficient (Wildman–Crippen LogP) is 3.51. The third-order valence-corrected chi connectivity index (χ3v) is 7.11. The molecule has 20 heavy (non-hydrogen) atoms. The molecular formula is C13H15N2O3PS. The van der Waals surface area contributed by atoms with Crippen LogP contribution >= 0.6 is 18.9 Å². The fourth-order valence-corrected chi connectivity index (χ4v) is 5.96. The Hall–Kier alpha value is -1.17. The molecule has 0 bridgehead atoms. The van der Waals surface area contributed by atoms with Crippen molar-refractivity contribution < 1.29 is 13.6 Å². The van der Waals surface area contributed by atoms with Crippen LogP contribution in [0, 0.1) is 28.6 Å². The fraction of sp³-hybridized carbons (Fsp3) is 0.538. The van der Waals surface area contributed by atoms with Crippen LogP contribution in [0.1, 0.15) is 24.6 Å². The first-order valence-corrected chi connectivity index (χ1v) is 8.77. The summed E-state index contributed by atoms with van der Waals surface area (Å²) >= 11 is 1.45. The molecule has 0 aliphatic heterocycles. The lowest BCUT2D eigenvalue weighted by molar-refractivity contribution is 0.213. The summed E-state index contributed by atoms with van der Waals surface area (Å²) < 4.78 is 23.6. The van der Waals surface area contributed by atoms with Gasteiger partial charge in [0.1, 0.15) is 0 Å². The molecular weight excluding hydrogens is 295 g/mol. The van der Waals surface area contributed by atoms with E-state index in [1.54, 1.807) is 13.8 Å². The van der Waals surface area contributed by atoms with Gasteiger partial charge in [-0.15, -0.1) is 11.3 Å². The van der Waals surface area contributed by atoms with E-state index in [1.165, 1.54) is 11.3 Å². The Balaban J connectivity index is 2.47. The van der Waals surface area contributed by atoms with Crippen molar-refractivity contribution in [3.05, 3.63) is 22.4 Å². The van der Waals surface area contributed by atoms with Crippen molar-refractivity contribution >= 4 is 18.9 Å². The number of rotatable bonds is 6. The predicted molar refractivity (Wildman–Crippen MR) is 75.4 cm³/mol. The highest BCUT2D eigenvalue weighted by Gasteiger charge is 2.78. The molecule has 1 aliphatic carbocycles. The summed E-state index contributed by atoms with van der Waals surface area (Å²) in [5, 5.41) is 19.4. The highest BCUT2D eigenvalue weighted by molar-refractivity contribution is 7.56. The first-order chi connectivity index (χ1) is 9.61. The summed E-state index contributed by atoms with van der Waals surface area (Å²) in [7, 11) is -3.66. The first-order valence-electron chi connectivity index (χ1n) is 6.34. The average Bonchev–Trinajstić information content (AvgIpc) is 2.81. The van der Waals surface area contributed by atoms with Gasteiger partial charge >= 0.3 is 7.60 Å². The largest absolute Gasteiger partial charge is 0.352 e. The summed E-state index contributed by atoms with van der Waals surface area (Å²) in [4.78, 5) is 0.873. The maximum Gasteiger partial charge on any atom is 0.352 e. The molecule has 1 aromatic rings. The number of thiophene rings is 1. The normalized spacial score (nSPS) is 28.6. The molecule has 1 saturated carbocycles. The van der Waals surface area contributed by atoms with Gasteiger partial charge in [0.05, 0.1) is 31.3 Å². The Morgan fingerprint density at radius 2 is 2.05 bits per heavy atom.